The summed E-state index contributed by atoms with van der Waals surface area (Å²) in [5.74, 6) is -1.27. The van der Waals surface area contributed by atoms with Crippen molar-refractivity contribution < 1.29 is 14.1 Å². The van der Waals surface area contributed by atoms with Crippen LogP contribution in [0.5, 0.6) is 0 Å². The molecule has 1 aromatic heterocycles. The average Bonchev–Trinajstić information content (AvgIpc) is 3.17. The van der Waals surface area contributed by atoms with Crippen LogP contribution in [0.3, 0.4) is 0 Å². The maximum Gasteiger partial charge on any atom is 0.269 e. The van der Waals surface area contributed by atoms with Gasteiger partial charge in [-0.3, -0.25) is 14.9 Å². The summed E-state index contributed by atoms with van der Waals surface area (Å²) in [6.45, 7) is 3.82. The number of nitrogens with one attached hydrogen (secondary N) is 1. The Hall–Kier alpha value is -4.68. The van der Waals surface area contributed by atoms with E-state index in [1.165, 1.54) is 48.2 Å². The summed E-state index contributed by atoms with van der Waals surface area (Å²) in [6, 6.07) is 23.8. The van der Waals surface area contributed by atoms with Crippen molar-refractivity contribution in [1.29, 1.82) is 5.26 Å². The fourth-order valence-corrected chi connectivity index (χ4v) is 4.64. The lowest BCUT2D eigenvalue weighted by atomic mass is 10.1. The van der Waals surface area contributed by atoms with Gasteiger partial charge in [0.2, 0.25) is 0 Å². The number of aromatic nitrogens is 1. The smallest absolute Gasteiger partial charge is 0.269 e. The number of carbonyl (C=O) groups excluding carboxylic acids is 1. The van der Waals surface area contributed by atoms with Gasteiger partial charge in [0.15, 0.2) is 0 Å². The van der Waals surface area contributed by atoms with E-state index < -0.39 is 16.6 Å². The van der Waals surface area contributed by atoms with Crippen LogP contribution in [0.15, 0.2) is 94.2 Å². The molecule has 0 saturated carbocycles. The van der Waals surface area contributed by atoms with Gasteiger partial charge in [0.1, 0.15) is 17.5 Å². The van der Waals surface area contributed by atoms with Gasteiger partial charge in [-0.15, -0.1) is 0 Å². The van der Waals surface area contributed by atoms with Crippen LogP contribution < -0.4 is 5.32 Å². The Labute approximate surface area is 217 Å². The highest BCUT2D eigenvalue weighted by molar-refractivity contribution is 7.99. The van der Waals surface area contributed by atoms with Gasteiger partial charge < -0.3 is 9.88 Å². The molecular weight excluding hydrogens is 491 g/mol. The van der Waals surface area contributed by atoms with E-state index in [4.69, 9.17) is 0 Å². The van der Waals surface area contributed by atoms with E-state index in [9.17, 15) is 24.6 Å². The monoisotopic (exact) mass is 512 g/mol. The minimum absolute atomic E-state index is 0.00538. The standard InChI is InChI=1S/C28H21FN4O3S/c1-18-15-20(16-21(17-30)28(34)31-27-6-4-3-5-26(27)29)19(2)32(18)22-7-11-24(12-8-22)37-25-13-9-23(10-14-25)33(35)36/h3-16H,1-2H3,(H,31,34)/b21-16-. The average molecular weight is 513 g/mol. The van der Waals surface area contributed by atoms with Crippen molar-refractivity contribution in [2.45, 2.75) is 23.6 Å². The topological polar surface area (TPSA) is 101 Å². The van der Waals surface area contributed by atoms with Crippen LogP contribution in [-0.2, 0) is 4.79 Å². The number of nitrogens with zero attached hydrogens (tertiary/aromatic N) is 3. The fourth-order valence-electron chi connectivity index (χ4n) is 3.82. The molecule has 0 bridgehead atoms. The van der Waals surface area contributed by atoms with Crippen LogP contribution >= 0.6 is 11.8 Å². The molecule has 37 heavy (non-hydrogen) atoms. The van der Waals surface area contributed by atoms with Crippen LogP contribution in [-0.4, -0.2) is 15.4 Å². The number of non-ortho nitro benzene ring substituents is 1. The summed E-state index contributed by atoms with van der Waals surface area (Å²) < 4.78 is 15.9. The molecule has 0 saturated heterocycles. The van der Waals surface area contributed by atoms with E-state index in [2.05, 4.69) is 5.32 Å². The summed E-state index contributed by atoms with van der Waals surface area (Å²) in [4.78, 5) is 24.9. The molecule has 3 aromatic carbocycles. The maximum atomic E-state index is 13.9. The van der Waals surface area contributed by atoms with Crippen molar-refractivity contribution in [3.63, 3.8) is 0 Å². The number of hydrogen-bond acceptors (Lipinski definition) is 5. The lowest BCUT2D eigenvalue weighted by molar-refractivity contribution is -0.384. The van der Waals surface area contributed by atoms with E-state index in [0.29, 0.717) is 5.56 Å². The minimum Gasteiger partial charge on any atom is -0.319 e. The number of benzene rings is 3. The van der Waals surface area contributed by atoms with Crippen LogP contribution in [0.1, 0.15) is 17.0 Å². The van der Waals surface area contributed by atoms with Crippen molar-refractivity contribution in [2.24, 2.45) is 0 Å². The van der Waals surface area contributed by atoms with E-state index in [0.717, 1.165) is 26.9 Å². The molecule has 4 aromatic rings. The van der Waals surface area contributed by atoms with Crippen LogP contribution in [0.2, 0.25) is 0 Å². The van der Waals surface area contributed by atoms with Crippen molar-refractivity contribution in [3.05, 3.63) is 117 Å². The third-order valence-corrected chi connectivity index (χ3v) is 6.65. The van der Waals surface area contributed by atoms with Crippen LogP contribution in [0.25, 0.3) is 11.8 Å². The molecule has 1 amide bonds. The number of amides is 1. The van der Waals surface area contributed by atoms with Gasteiger partial charge in [-0.2, -0.15) is 5.26 Å². The van der Waals surface area contributed by atoms with Crippen molar-refractivity contribution in [1.82, 2.24) is 4.57 Å². The molecular formula is C28H21FN4O3S. The first kappa shape index (κ1) is 25.4. The Bertz CT molecular complexity index is 1550. The predicted octanol–water partition coefficient (Wildman–Crippen LogP) is 6.84. The summed E-state index contributed by atoms with van der Waals surface area (Å²) in [5.41, 5.74) is 3.25. The number of para-hydroxylation sites is 1. The molecule has 0 aliphatic rings. The summed E-state index contributed by atoms with van der Waals surface area (Å²) in [6.07, 6.45) is 1.49. The van der Waals surface area contributed by atoms with Gasteiger partial charge in [0.05, 0.1) is 10.6 Å². The Morgan fingerprint density at radius 1 is 1.05 bits per heavy atom. The lowest BCUT2D eigenvalue weighted by Gasteiger charge is -2.11. The van der Waals surface area contributed by atoms with E-state index in [-0.39, 0.29) is 16.9 Å². The minimum atomic E-state index is -0.690. The third-order valence-electron chi connectivity index (χ3n) is 5.64. The van der Waals surface area contributed by atoms with E-state index in [1.807, 2.05) is 54.8 Å². The normalized spacial score (nSPS) is 11.1. The molecule has 1 heterocycles. The SMILES string of the molecule is Cc1cc(/C=C(/C#N)C(=O)Nc2ccccc2F)c(C)n1-c1ccc(Sc2ccc([N+](=O)[O-])cc2)cc1. The van der Waals surface area contributed by atoms with Crippen molar-refractivity contribution in [2.75, 3.05) is 5.32 Å². The first-order valence-electron chi connectivity index (χ1n) is 11.2. The molecule has 0 unspecified atom stereocenters. The highest BCUT2D eigenvalue weighted by Crippen LogP contribution is 2.31. The number of nitro benzene ring substituents is 1. The number of nitriles is 1. The zero-order valence-corrected chi connectivity index (χ0v) is 20.8. The number of rotatable bonds is 7. The third kappa shape index (κ3) is 5.77. The Morgan fingerprint density at radius 2 is 1.68 bits per heavy atom. The Balaban J connectivity index is 1.54. The fraction of sp³-hybridized carbons (Fsp3) is 0.0714. The van der Waals surface area contributed by atoms with Crippen LogP contribution in [0.4, 0.5) is 15.8 Å². The molecule has 0 fully saturated rings. The molecule has 0 radical (unpaired) electrons. The molecule has 7 nitrogen and oxygen atoms in total. The molecule has 0 spiro atoms. The number of aryl methyl sites for hydroxylation is 1. The first-order chi connectivity index (χ1) is 17.8. The molecule has 4 rings (SSSR count). The van der Waals surface area contributed by atoms with Crippen molar-refractivity contribution in [3.8, 4) is 11.8 Å². The highest BCUT2D eigenvalue weighted by Gasteiger charge is 2.15. The van der Waals surface area contributed by atoms with Crippen LogP contribution in [0, 0.1) is 41.1 Å². The van der Waals surface area contributed by atoms with Gasteiger partial charge >= 0.3 is 0 Å². The number of hydrogen-bond donors (Lipinski definition) is 1. The predicted molar refractivity (Wildman–Crippen MR) is 141 cm³/mol. The molecule has 0 aliphatic heterocycles. The molecule has 0 aliphatic carbocycles. The highest BCUT2D eigenvalue weighted by atomic mass is 32.2. The summed E-state index contributed by atoms with van der Waals surface area (Å²) in [5, 5.41) is 22.8. The quantitative estimate of drug-likeness (QED) is 0.126. The molecule has 1 N–H and O–H groups in total. The van der Waals surface area contributed by atoms with Crippen molar-refractivity contribution >= 4 is 35.1 Å². The number of halogens is 1. The Morgan fingerprint density at radius 3 is 2.27 bits per heavy atom. The zero-order chi connectivity index (χ0) is 26.5. The first-order valence-corrected chi connectivity index (χ1v) is 12.0. The van der Waals surface area contributed by atoms with E-state index >= 15 is 0 Å². The number of carbonyl (C=O) groups is 1. The molecule has 9 heteroatoms. The largest absolute Gasteiger partial charge is 0.319 e. The van der Waals surface area contributed by atoms with Gasteiger partial charge in [0, 0.05) is 39.0 Å². The molecule has 184 valence electrons. The maximum absolute atomic E-state index is 13.9. The summed E-state index contributed by atoms with van der Waals surface area (Å²) >= 11 is 1.49. The lowest BCUT2D eigenvalue weighted by Crippen LogP contribution is -2.14. The second kappa shape index (κ2) is 10.9. The second-order valence-electron chi connectivity index (χ2n) is 8.11. The van der Waals surface area contributed by atoms with Gasteiger partial charge in [-0.25, -0.2) is 4.39 Å². The zero-order valence-electron chi connectivity index (χ0n) is 19.9. The summed E-state index contributed by atoms with van der Waals surface area (Å²) in [7, 11) is 0. The Kier molecular flexibility index (Phi) is 7.51. The molecule has 0 atom stereocenters. The second-order valence-corrected chi connectivity index (χ2v) is 9.26. The van der Waals surface area contributed by atoms with E-state index in [1.54, 1.807) is 18.2 Å². The van der Waals surface area contributed by atoms with Gasteiger partial charge in [0.25, 0.3) is 11.6 Å². The number of nitro groups is 1. The number of anilines is 1. The van der Waals surface area contributed by atoms with Gasteiger partial charge in [-0.05, 0) is 80.1 Å². The van der Waals surface area contributed by atoms with Gasteiger partial charge in [-0.1, -0.05) is 23.9 Å².